The molecule has 0 atom stereocenters. The molecule has 0 aliphatic carbocycles. The summed E-state index contributed by atoms with van der Waals surface area (Å²) in [4.78, 5) is 12.5. The van der Waals surface area contributed by atoms with Gasteiger partial charge in [0.1, 0.15) is 4.90 Å². The molecule has 0 aromatic heterocycles. The molecule has 1 amide bonds. The highest BCUT2D eigenvalue weighted by atomic mass is 32.2. The van der Waals surface area contributed by atoms with Gasteiger partial charge in [-0.25, -0.2) is 8.42 Å². The number of carbonyl (C=O) groups is 1. The van der Waals surface area contributed by atoms with E-state index < -0.39 is 9.84 Å². The van der Waals surface area contributed by atoms with Gasteiger partial charge in [0, 0.05) is 17.0 Å². The molecule has 0 aliphatic rings. The fraction of sp³-hybridized carbons (Fsp3) is 0.435. The molecule has 170 valence electrons. The number of ether oxygens (including phenoxy) is 1. The van der Waals surface area contributed by atoms with Crippen molar-refractivity contribution in [1.82, 2.24) is 5.32 Å². The Bertz CT molecular complexity index is 982. The summed E-state index contributed by atoms with van der Waals surface area (Å²) in [6.07, 6.45) is 0. The summed E-state index contributed by atoms with van der Waals surface area (Å²) in [5, 5.41) is 5.89. The number of hydrogen-bond acceptors (Lipinski definition) is 6. The lowest BCUT2D eigenvalue weighted by molar-refractivity contribution is -0.119. The number of amides is 1. The van der Waals surface area contributed by atoms with Crippen molar-refractivity contribution in [2.24, 2.45) is 0 Å². The van der Waals surface area contributed by atoms with Gasteiger partial charge in [-0.1, -0.05) is 44.5 Å². The highest BCUT2D eigenvalue weighted by Gasteiger charge is 2.24. The second-order valence-electron chi connectivity index (χ2n) is 8.05. The number of benzene rings is 2. The van der Waals surface area contributed by atoms with Crippen LogP contribution in [-0.4, -0.2) is 44.5 Å². The number of thioether (sulfide) groups is 1. The van der Waals surface area contributed by atoms with Crippen LogP contribution in [0.4, 0.5) is 5.69 Å². The predicted molar refractivity (Wildman–Crippen MR) is 128 cm³/mol. The number of hydrogen-bond donors (Lipinski definition) is 2. The van der Waals surface area contributed by atoms with Crippen LogP contribution < -0.4 is 15.4 Å². The molecular formula is C23H32N2O4S2. The molecule has 0 spiro atoms. The third-order valence-corrected chi connectivity index (χ3v) is 7.35. The summed E-state index contributed by atoms with van der Waals surface area (Å²) in [6.45, 7) is 11.0. The van der Waals surface area contributed by atoms with E-state index in [0.29, 0.717) is 18.8 Å². The fourth-order valence-electron chi connectivity index (χ4n) is 2.79. The summed E-state index contributed by atoms with van der Waals surface area (Å²) < 4.78 is 32.2. The molecule has 0 bridgehead atoms. The molecule has 0 saturated carbocycles. The van der Waals surface area contributed by atoms with Gasteiger partial charge >= 0.3 is 0 Å². The van der Waals surface area contributed by atoms with Crippen LogP contribution in [-0.2, 0) is 14.6 Å². The Kier molecular flexibility index (Phi) is 8.82. The van der Waals surface area contributed by atoms with Crippen molar-refractivity contribution < 1.29 is 17.9 Å². The first-order valence-electron chi connectivity index (χ1n) is 10.3. The molecule has 2 rings (SSSR count). The Morgan fingerprint density at radius 3 is 2.39 bits per heavy atom. The number of rotatable bonds is 10. The molecule has 0 unspecified atom stereocenters. The Balaban J connectivity index is 2.15. The lowest BCUT2D eigenvalue weighted by Crippen LogP contribution is -2.32. The zero-order chi connectivity index (χ0) is 23.1. The molecule has 2 aromatic rings. The summed E-state index contributed by atoms with van der Waals surface area (Å²) in [6, 6.07) is 11.6. The van der Waals surface area contributed by atoms with Crippen molar-refractivity contribution >= 4 is 33.2 Å². The van der Waals surface area contributed by atoms with Crippen LogP contribution in [0.25, 0.3) is 0 Å². The lowest BCUT2D eigenvalue weighted by atomic mass is 10.2. The standard InChI is InChI=1S/C23H32N2O4S2/c1-6-29-22-19(25-16-21(26)24-14-15-30-23(3,4)5)8-7-9-20(22)31(27,28)18-12-10-17(2)11-13-18/h7-13,25H,6,14-16H2,1-5H3,(H,24,26). The van der Waals surface area contributed by atoms with E-state index in [1.165, 1.54) is 6.07 Å². The van der Waals surface area contributed by atoms with Gasteiger partial charge in [-0.2, -0.15) is 11.8 Å². The Morgan fingerprint density at radius 1 is 1.10 bits per heavy atom. The zero-order valence-electron chi connectivity index (χ0n) is 18.8. The molecule has 2 N–H and O–H groups in total. The molecule has 2 aromatic carbocycles. The third kappa shape index (κ3) is 7.47. The van der Waals surface area contributed by atoms with Crippen LogP contribution in [0, 0.1) is 6.92 Å². The summed E-state index contributed by atoms with van der Waals surface area (Å²) in [5.74, 6) is 0.884. The van der Waals surface area contributed by atoms with Crippen molar-refractivity contribution in [3.8, 4) is 5.75 Å². The van der Waals surface area contributed by atoms with Gasteiger partial charge in [-0.15, -0.1) is 0 Å². The van der Waals surface area contributed by atoms with Crippen LogP contribution in [0.5, 0.6) is 5.75 Å². The number of carbonyl (C=O) groups excluding carboxylic acids is 1. The second-order valence-corrected chi connectivity index (χ2v) is 11.9. The van der Waals surface area contributed by atoms with Gasteiger partial charge in [0.2, 0.25) is 15.7 Å². The van der Waals surface area contributed by atoms with E-state index in [4.69, 9.17) is 4.74 Å². The Morgan fingerprint density at radius 2 is 1.77 bits per heavy atom. The van der Waals surface area contributed by atoms with Crippen molar-refractivity contribution in [1.29, 1.82) is 0 Å². The van der Waals surface area contributed by atoms with Crippen LogP contribution in [0.1, 0.15) is 33.3 Å². The SMILES string of the molecule is CCOc1c(NCC(=O)NCCSC(C)(C)C)cccc1S(=O)(=O)c1ccc(C)cc1. The van der Waals surface area contributed by atoms with Crippen LogP contribution >= 0.6 is 11.8 Å². The molecule has 0 saturated heterocycles. The largest absolute Gasteiger partial charge is 0.490 e. The first kappa shape index (κ1) is 25.1. The number of sulfone groups is 1. The first-order chi connectivity index (χ1) is 14.5. The predicted octanol–water partition coefficient (Wildman–Crippen LogP) is 4.29. The first-order valence-corrected chi connectivity index (χ1v) is 12.7. The van der Waals surface area contributed by atoms with E-state index in [9.17, 15) is 13.2 Å². The van der Waals surface area contributed by atoms with Gasteiger partial charge in [0.05, 0.1) is 23.7 Å². The van der Waals surface area contributed by atoms with Gasteiger partial charge in [-0.3, -0.25) is 4.79 Å². The summed E-state index contributed by atoms with van der Waals surface area (Å²) in [7, 11) is -3.77. The quantitative estimate of drug-likeness (QED) is 0.511. The normalized spacial score (nSPS) is 11.8. The average molecular weight is 465 g/mol. The average Bonchev–Trinajstić information content (AvgIpc) is 2.70. The highest BCUT2D eigenvalue weighted by molar-refractivity contribution is 8.00. The molecule has 0 aliphatic heterocycles. The van der Waals surface area contributed by atoms with Gasteiger partial charge in [-0.05, 0) is 38.1 Å². The smallest absolute Gasteiger partial charge is 0.239 e. The van der Waals surface area contributed by atoms with Gasteiger partial charge < -0.3 is 15.4 Å². The Labute approximate surface area is 190 Å². The zero-order valence-corrected chi connectivity index (χ0v) is 20.5. The summed E-state index contributed by atoms with van der Waals surface area (Å²) in [5.41, 5.74) is 1.44. The van der Waals surface area contributed by atoms with Crippen molar-refractivity contribution in [3.63, 3.8) is 0 Å². The fourth-order valence-corrected chi connectivity index (χ4v) is 5.03. The number of para-hydroxylation sites is 1. The highest BCUT2D eigenvalue weighted by Crippen LogP contribution is 2.35. The lowest BCUT2D eigenvalue weighted by Gasteiger charge is -2.18. The Hall–Kier alpha value is -2.19. The minimum atomic E-state index is -3.77. The monoisotopic (exact) mass is 464 g/mol. The topological polar surface area (TPSA) is 84.5 Å². The molecule has 6 nitrogen and oxygen atoms in total. The van der Waals surface area contributed by atoms with Crippen LogP contribution in [0.3, 0.4) is 0 Å². The van der Waals surface area contributed by atoms with Crippen LogP contribution in [0.15, 0.2) is 52.3 Å². The molecule has 0 heterocycles. The molecular weight excluding hydrogens is 432 g/mol. The summed E-state index contributed by atoms with van der Waals surface area (Å²) >= 11 is 1.78. The third-order valence-electron chi connectivity index (χ3n) is 4.29. The van der Waals surface area contributed by atoms with Crippen molar-refractivity contribution in [2.75, 3.05) is 30.8 Å². The van der Waals surface area contributed by atoms with Crippen LogP contribution in [0.2, 0.25) is 0 Å². The molecule has 8 heteroatoms. The number of nitrogens with one attached hydrogen (secondary N) is 2. The minimum absolute atomic E-state index is 0.0221. The maximum absolute atomic E-state index is 13.2. The van der Waals surface area contributed by atoms with Gasteiger partial charge in [0.25, 0.3) is 0 Å². The minimum Gasteiger partial charge on any atom is -0.490 e. The van der Waals surface area contributed by atoms with E-state index >= 15 is 0 Å². The van der Waals surface area contributed by atoms with Gasteiger partial charge in [0.15, 0.2) is 5.75 Å². The number of aryl methyl sites for hydroxylation is 1. The molecule has 0 fully saturated rings. The molecule has 0 radical (unpaired) electrons. The van der Waals surface area contributed by atoms with E-state index in [1.807, 2.05) is 6.92 Å². The van der Waals surface area contributed by atoms with E-state index in [2.05, 4.69) is 31.4 Å². The van der Waals surface area contributed by atoms with E-state index in [1.54, 1.807) is 55.1 Å². The molecule has 31 heavy (non-hydrogen) atoms. The maximum Gasteiger partial charge on any atom is 0.239 e. The van der Waals surface area contributed by atoms with Crippen molar-refractivity contribution in [3.05, 3.63) is 48.0 Å². The van der Waals surface area contributed by atoms with E-state index in [-0.39, 0.29) is 32.7 Å². The van der Waals surface area contributed by atoms with E-state index in [0.717, 1.165) is 11.3 Å². The maximum atomic E-state index is 13.2. The van der Waals surface area contributed by atoms with Crippen molar-refractivity contribution in [2.45, 2.75) is 49.2 Å². The number of anilines is 1. The second kappa shape index (κ2) is 10.9.